The van der Waals surface area contributed by atoms with Crippen LogP contribution in [0.2, 0.25) is 0 Å². The molecule has 1 aliphatic rings. The molecule has 9 heteroatoms. The van der Waals surface area contributed by atoms with E-state index in [-0.39, 0.29) is 5.69 Å². The van der Waals surface area contributed by atoms with Gasteiger partial charge in [0.05, 0.1) is 4.92 Å². The summed E-state index contributed by atoms with van der Waals surface area (Å²) >= 11 is 1.38. The van der Waals surface area contributed by atoms with Crippen LogP contribution in [0.4, 0.5) is 11.4 Å². The first-order chi connectivity index (χ1) is 11.1. The molecule has 0 radical (unpaired) electrons. The van der Waals surface area contributed by atoms with Crippen molar-refractivity contribution in [2.75, 3.05) is 18.2 Å². The highest BCUT2D eigenvalue weighted by Gasteiger charge is 2.23. The van der Waals surface area contributed by atoms with Gasteiger partial charge in [0, 0.05) is 24.0 Å². The van der Waals surface area contributed by atoms with Crippen LogP contribution >= 0.6 is 11.8 Å². The summed E-state index contributed by atoms with van der Waals surface area (Å²) in [4.78, 5) is 14.6. The number of thioether (sulfide) groups is 1. The van der Waals surface area contributed by atoms with Crippen molar-refractivity contribution in [3.8, 4) is 6.07 Å². The molecule has 1 N–H and O–H groups in total. The number of anilines is 1. The van der Waals surface area contributed by atoms with Crippen LogP contribution in [-0.2, 0) is 0 Å². The summed E-state index contributed by atoms with van der Waals surface area (Å²) in [7, 11) is 0. The van der Waals surface area contributed by atoms with Crippen molar-refractivity contribution in [3.05, 3.63) is 45.8 Å². The number of nitro groups is 1. The van der Waals surface area contributed by atoms with Crippen LogP contribution in [0.25, 0.3) is 0 Å². The summed E-state index contributed by atoms with van der Waals surface area (Å²) in [6.45, 7) is 2.06. The number of nitrogens with zero attached hydrogens (tertiary/aromatic N) is 5. The van der Waals surface area contributed by atoms with E-state index in [1.165, 1.54) is 23.9 Å². The maximum absolute atomic E-state index is 10.7. The van der Waals surface area contributed by atoms with Crippen molar-refractivity contribution in [1.29, 1.82) is 5.26 Å². The average Bonchev–Trinajstić information content (AvgIpc) is 2.56. The molecule has 1 aromatic carbocycles. The number of nitriles is 1. The van der Waals surface area contributed by atoms with Gasteiger partial charge in [0.2, 0.25) is 0 Å². The smallest absolute Gasteiger partial charge is 0.269 e. The Hall–Kier alpha value is -2.86. The molecule has 0 fully saturated rings. The monoisotopic (exact) mass is 330 g/mol. The molecule has 8 nitrogen and oxygen atoms in total. The predicted molar refractivity (Wildman–Crippen MR) is 91.2 cm³/mol. The van der Waals surface area contributed by atoms with Gasteiger partial charge in [-0.25, -0.2) is 5.01 Å². The summed E-state index contributed by atoms with van der Waals surface area (Å²) in [6.07, 6.45) is 3.45. The van der Waals surface area contributed by atoms with Crippen LogP contribution in [0.15, 0.2) is 45.8 Å². The molecule has 1 aliphatic heterocycles. The largest absolute Gasteiger partial charge is 0.339 e. The first kappa shape index (κ1) is 16.5. The van der Waals surface area contributed by atoms with Crippen molar-refractivity contribution in [3.63, 3.8) is 0 Å². The zero-order chi connectivity index (χ0) is 16.8. The van der Waals surface area contributed by atoms with Crippen LogP contribution in [0.1, 0.15) is 6.92 Å². The molecule has 23 heavy (non-hydrogen) atoms. The minimum absolute atomic E-state index is 0.00322. The van der Waals surface area contributed by atoms with Crippen molar-refractivity contribution in [2.24, 2.45) is 10.1 Å². The zero-order valence-corrected chi connectivity index (χ0v) is 13.4. The first-order valence-electron chi connectivity index (χ1n) is 6.61. The Morgan fingerprint density at radius 1 is 1.52 bits per heavy atom. The minimum atomic E-state index is -0.462. The normalized spacial score (nSPS) is 14.7. The molecule has 0 atom stereocenters. The summed E-state index contributed by atoms with van der Waals surface area (Å²) in [5.41, 5.74) is 1.01. The number of nitrogens with one attached hydrogen (secondary N) is 1. The topological polar surface area (TPSA) is 107 Å². The third kappa shape index (κ3) is 3.67. The van der Waals surface area contributed by atoms with Crippen molar-refractivity contribution < 1.29 is 4.92 Å². The number of aliphatic imine (C=N–C) groups is 1. The average molecular weight is 330 g/mol. The molecule has 118 valence electrons. The Kier molecular flexibility index (Phi) is 5.32. The van der Waals surface area contributed by atoms with Gasteiger partial charge in [-0.05, 0) is 25.3 Å². The molecule has 0 aromatic heterocycles. The van der Waals surface area contributed by atoms with E-state index < -0.39 is 4.92 Å². The Bertz CT molecular complexity index is 733. The van der Waals surface area contributed by atoms with Crippen molar-refractivity contribution in [1.82, 2.24) is 5.01 Å². The van der Waals surface area contributed by atoms with Gasteiger partial charge in [-0.15, -0.1) is 11.8 Å². The molecule has 0 amide bonds. The van der Waals surface area contributed by atoms with E-state index in [1.807, 2.05) is 6.26 Å². The van der Waals surface area contributed by atoms with E-state index in [0.29, 0.717) is 28.8 Å². The zero-order valence-electron chi connectivity index (χ0n) is 12.6. The lowest BCUT2D eigenvalue weighted by Crippen LogP contribution is -2.29. The Morgan fingerprint density at radius 2 is 2.22 bits per heavy atom. The number of hydrazone groups is 1. The van der Waals surface area contributed by atoms with E-state index in [0.717, 1.165) is 0 Å². The first-order valence-corrected chi connectivity index (χ1v) is 7.84. The number of non-ortho nitro benzene ring substituents is 1. The van der Waals surface area contributed by atoms with E-state index in [9.17, 15) is 15.4 Å². The quantitative estimate of drug-likeness (QED) is 0.517. The lowest BCUT2D eigenvalue weighted by molar-refractivity contribution is -0.384. The summed E-state index contributed by atoms with van der Waals surface area (Å²) in [5, 5.41) is 29.6. The second-order valence-electron chi connectivity index (χ2n) is 4.35. The van der Waals surface area contributed by atoms with Gasteiger partial charge in [-0.2, -0.15) is 10.4 Å². The molecule has 0 unspecified atom stereocenters. The molecular formula is C14H14N6O2S. The third-order valence-corrected chi connectivity index (χ3v) is 3.68. The van der Waals surface area contributed by atoms with Crippen LogP contribution in [0, 0.1) is 21.4 Å². The fourth-order valence-corrected chi connectivity index (χ4v) is 2.48. The number of rotatable bonds is 4. The van der Waals surface area contributed by atoms with Crippen LogP contribution in [0.5, 0.6) is 0 Å². The van der Waals surface area contributed by atoms with Crippen molar-refractivity contribution >= 4 is 34.4 Å². The molecule has 0 aliphatic carbocycles. The highest BCUT2D eigenvalue weighted by Crippen LogP contribution is 2.25. The summed E-state index contributed by atoms with van der Waals surface area (Å²) in [6, 6.07) is 8.09. The van der Waals surface area contributed by atoms with Gasteiger partial charge in [0.25, 0.3) is 5.69 Å². The molecule has 2 rings (SSSR count). The fourth-order valence-electron chi connectivity index (χ4n) is 1.94. The van der Waals surface area contributed by atoms with Gasteiger partial charge < -0.3 is 5.32 Å². The standard InChI is InChI=1S/C14H14N6O2S/c1-3-17-19-9-16-14(23-2)12(8-15)13(19)18-10-4-6-11(7-5-10)20(21)22/h3-7,18H,9H2,1-2H3/b17-3-. The third-order valence-electron chi connectivity index (χ3n) is 2.96. The number of nitro benzene ring substituents is 1. The molecule has 0 saturated heterocycles. The molecule has 0 bridgehead atoms. The molecular weight excluding hydrogens is 316 g/mol. The highest BCUT2D eigenvalue weighted by atomic mass is 32.2. The molecule has 1 heterocycles. The Morgan fingerprint density at radius 3 is 2.74 bits per heavy atom. The maximum atomic E-state index is 10.7. The predicted octanol–water partition coefficient (Wildman–Crippen LogP) is 2.78. The maximum Gasteiger partial charge on any atom is 0.269 e. The van der Waals surface area contributed by atoms with Crippen LogP contribution in [0.3, 0.4) is 0 Å². The lowest BCUT2D eigenvalue weighted by atomic mass is 10.2. The second kappa shape index (κ2) is 7.42. The molecule has 0 spiro atoms. The van der Waals surface area contributed by atoms with Gasteiger partial charge in [0.1, 0.15) is 29.2 Å². The van der Waals surface area contributed by atoms with E-state index in [1.54, 1.807) is 30.3 Å². The van der Waals surface area contributed by atoms with E-state index in [4.69, 9.17) is 0 Å². The van der Waals surface area contributed by atoms with Gasteiger partial charge in [-0.3, -0.25) is 15.1 Å². The highest BCUT2D eigenvalue weighted by molar-refractivity contribution is 8.13. The van der Waals surface area contributed by atoms with Gasteiger partial charge in [0.15, 0.2) is 0 Å². The van der Waals surface area contributed by atoms with Gasteiger partial charge in [-0.1, -0.05) is 0 Å². The Balaban J connectivity index is 2.38. The molecule has 0 saturated carbocycles. The molecule has 1 aromatic rings. The Labute approximate surface area is 137 Å². The summed E-state index contributed by atoms with van der Waals surface area (Å²) < 4.78 is 0. The minimum Gasteiger partial charge on any atom is -0.339 e. The summed E-state index contributed by atoms with van der Waals surface area (Å²) in [5.74, 6) is 0.499. The second-order valence-corrected chi connectivity index (χ2v) is 5.14. The fraction of sp³-hybridized carbons (Fsp3) is 0.214. The van der Waals surface area contributed by atoms with Gasteiger partial charge >= 0.3 is 0 Å². The van der Waals surface area contributed by atoms with Crippen molar-refractivity contribution in [2.45, 2.75) is 6.92 Å². The number of hydrogen-bond acceptors (Lipinski definition) is 8. The van der Waals surface area contributed by atoms with E-state index in [2.05, 4.69) is 21.5 Å². The SMILES string of the molecule is C/C=N\N1CN=C(SC)C(C#N)=C1Nc1ccc([N+](=O)[O-])cc1. The lowest BCUT2D eigenvalue weighted by Gasteiger charge is -2.26. The number of hydrogen-bond donors (Lipinski definition) is 1. The number of benzene rings is 1. The van der Waals surface area contributed by atoms with Crippen LogP contribution in [-0.4, -0.2) is 34.1 Å². The van der Waals surface area contributed by atoms with Crippen LogP contribution < -0.4 is 5.32 Å². The van der Waals surface area contributed by atoms with E-state index >= 15 is 0 Å².